The van der Waals surface area contributed by atoms with E-state index in [1.54, 1.807) is 0 Å². The molecule has 0 bridgehead atoms. The Balaban J connectivity index is 1.46. The number of hydrogen-bond acceptors (Lipinski definition) is 1. The minimum atomic E-state index is 0.919. The highest BCUT2D eigenvalue weighted by Crippen LogP contribution is 2.42. The van der Waals surface area contributed by atoms with Gasteiger partial charge in [-0.2, -0.15) is 0 Å². The molecular weight excluding hydrogens is 476 g/mol. The van der Waals surface area contributed by atoms with E-state index in [9.17, 15) is 0 Å². The molecule has 3 nitrogen and oxygen atoms in total. The molecule has 0 fully saturated rings. The summed E-state index contributed by atoms with van der Waals surface area (Å²) in [6.07, 6.45) is 0. The third-order valence-corrected chi connectivity index (χ3v) is 8.12. The lowest BCUT2D eigenvalue weighted by Crippen LogP contribution is -2.03. The zero-order valence-electron chi connectivity index (χ0n) is 21.0. The maximum Gasteiger partial charge on any atom is 0.136 e. The van der Waals surface area contributed by atoms with Crippen LogP contribution in [0.25, 0.3) is 76.9 Å². The second kappa shape index (κ2) is 7.62. The molecule has 0 saturated heterocycles. The fourth-order valence-corrected chi connectivity index (χ4v) is 6.56. The third kappa shape index (κ3) is 2.71. The summed E-state index contributed by atoms with van der Waals surface area (Å²) >= 11 is 0. The molecule has 3 heterocycles. The van der Waals surface area contributed by atoms with Crippen molar-refractivity contribution in [3.05, 3.63) is 133 Å². The van der Waals surface area contributed by atoms with Crippen molar-refractivity contribution in [2.24, 2.45) is 0 Å². The van der Waals surface area contributed by atoms with Crippen molar-refractivity contribution < 1.29 is 4.42 Å². The molecule has 9 aromatic rings. The monoisotopic (exact) mass is 498 g/mol. The van der Waals surface area contributed by atoms with E-state index >= 15 is 0 Å². The molecule has 0 unspecified atom stereocenters. The highest BCUT2D eigenvalue weighted by atomic mass is 16.3. The van der Waals surface area contributed by atoms with Crippen LogP contribution < -0.4 is 0 Å². The first-order chi connectivity index (χ1) is 19.4. The van der Waals surface area contributed by atoms with Gasteiger partial charge in [-0.1, -0.05) is 84.9 Å². The number of rotatable bonds is 2. The van der Waals surface area contributed by atoms with Crippen LogP contribution in [0.15, 0.2) is 138 Å². The Morgan fingerprint density at radius 3 is 1.49 bits per heavy atom. The summed E-state index contributed by atoms with van der Waals surface area (Å²) in [4.78, 5) is 0. The van der Waals surface area contributed by atoms with Crippen LogP contribution in [-0.2, 0) is 0 Å². The van der Waals surface area contributed by atoms with Gasteiger partial charge in [-0.25, -0.2) is 0 Å². The molecule has 182 valence electrons. The van der Waals surface area contributed by atoms with Gasteiger partial charge in [0.1, 0.15) is 11.2 Å². The number of benzene rings is 6. The van der Waals surface area contributed by atoms with Crippen molar-refractivity contribution >= 4 is 65.6 Å². The number of fused-ring (bicyclic) bond motifs is 10. The number of furan rings is 1. The van der Waals surface area contributed by atoms with Crippen LogP contribution >= 0.6 is 0 Å². The van der Waals surface area contributed by atoms with E-state index in [4.69, 9.17) is 4.42 Å². The zero-order valence-corrected chi connectivity index (χ0v) is 21.0. The molecule has 0 spiro atoms. The first kappa shape index (κ1) is 20.7. The van der Waals surface area contributed by atoms with E-state index in [2.05, 4.69) is 137 Å². The Hall–Kier alpha value is -5.28. The molecule has 0 atom stereocenters. The van der Waals surface area contributed by atoms with Gasteiger partial charge in [-0.3, -0.25) is 0 Å². The molecule has 0 aliphatic carbocycles. The van der Waals surface area contributed by atoms with Gasteiger partial charge in [0.2, 0.25) is 0 Å². The smallest absolute Gasteiger partial charge is 0.136 e. The van der Waals surface area contributed by atoms with Crippen molar-refractivity contribution in [1.82, 2.24) is 9.13 Å². The van der Waals surface area contributed by atoms with Gasteiger partial charge in [-0.05, 0) is 48.5 Å². The van der Waals surface area contributed by atoms with Crippen molar-refractivity contribution in [3.63, 3.8) is 0 Å². The van der Waals surface area contributed by atoms with Crippen LogP contribution in [0.3, 0.4) is 0 Å². The van der Waals surface area contributed by atoms with Crippen molar-refractivity contribution in [3.8, 4) is 11.4 Å². The third-order valence-electron chi connectivity index (χ3n) is 8.12. The Morgan fingerprint density at radius 1 is 0.333 bits per heavy atom. The summed E-state index contributed by atoms with van der Waals surface area (Å²) in [5, 5.41) is 7.30. The molecule has 0 aliphatic heterocycles. The fraction of sp³-hybridized carbons (Fsp3) is 0. The quantitative estimate of drug-likeness (QED) is 0.233. The van der Waals surface area contributed by atoms with Gasteiger partial charge in [-0.15, -0.1) is 0 Å². The normalized spacial score (nSPS) is 12.1. The molecule has 3 aromatic heterocycles. The summed E-state index contributed by atoms with van der Waals surface area (Å²) in [7, 11) is 0. The molecule has 0 amide bonds. The average Bonchev–Trinajstić information content (AvgIpc) is 3.64. The lowest BCUT2D eigenvalue weighted by molar-refractivity contribution is 0.669. The number of hydrogen-bond donors (Lipinski definition) is 0. The first-order valence-electron chi connectivity index (χ1n) is 13.3. The lowest BCUT2D eigenvalue weighted by atomic mass is 10.1. The predicted octanol–water partition coefficient (Wildman–Crippen LogP) is 9.78. The number of nitrogens with zero attached hydrogens (tertiary/aromatic N) is 2. The second-order valence-corrected chi connectivity index (χ2v) is 10.1. The SMILES string of the molecule is c1ccc(-n2c3ccccc3c3c4c(ccc32)oc2ccccc24)c(-n2c3ccccc3c3ccccc32)c1. The van der Waals surface area contributed by atoms with Gasteiger partial charge < -0.3 is 13.6 Å². The topological polar surface area (TPSA) is 23.0 Å². The minimum Gasteiger partial charge on any atom is -0.456 e. The van der Waals surface area contributed by atoms with E-state index in [1.165, 1.54) is 49.0 Å². The van der Waals surface area contributed by atoms with Crippen LogP contribution in [0.2, 0.25) is 0 Å². The van der Waals surface area contributed by atoms with Gasteiger partial charge in [0.15, 0.2) is 0 Å². The Bertz CT molecular complexity index is 2350. The van der Waals surface area contributed by atoms with Crippen LogP contribution in [0.4, 0.5) is 0 Å². The number of para-hydroxylation sites is 6. The minimum absolute atomic E-state index is 0.919. The molecule has 3 heteroatoms. The van der Waals surface area contributed by atoms with E-state index in [0.29, 0.717) is 0 Å². The molecule has 0 radical (unpaired) electrons. The summed E-state index contributed by atoms with van der Waals surface area (Å²) in [5.74, 6) is 0. The Kier molecular flexibility index (Phi) is 4.05. The maximum absolute atomic E-state index is 6.29. The molecule has 0 N–H and O–H groups in total. The van der Waals surface area contributed by atoms with E-state index in [0.717, 1.165) is 27.9 Å². The highest BCUT2D eigenvalue weighted by Gasteiger charge is 2.21. The zero-order chi connectivity index (χ0) is 25.5. The average molecular weight is 499 g/mol. The highest BCUT2D eigenvalue weighted by molar-refractivity contribution is 6.27. The van der Waals surface area contributed by atoms with Crippen LogP contribution in [0, 0.1) is 0 Å². The van der Waals surface area contributed by atoms with Gasteiger partial charge in [0.05, 0.1) is 33.4 Å². The Labute approximate surface area is 223 Å². The molecule has 0 aliphatic rings. The van der Waals surface area contributed by atoms with E-state index in [1.807, 2.05) is 6.07 Å². The molecule has 6 aromatic carbocycles. The predicted molar refractivity (Wildman–Crippen MR) is 162 cm³/mol. The second-order valence-electron chi connectivity index (χ2n) is 10.1. The maximum atomic E-state index is 6.29. The fourth-order valence-electron chi connectivity index (χ4n) is 6.56. The van der Waals surface area contributed by atoms with Crippen molar-refractivity contribution in [2.75, 3.05) is 0 Å². The summed E-state index contributed by atoms with van der Waals surface area (Å²) in [6.45, 7) is 0. The molecule has 9 rings (SSSR count). The molecular formula is C36H22N2O. The largest absolute Gasteiger partial charge is 0.456 e. The molecule has 0 saturated carbocycles. The summed E-state index contributed by atoms with van der Waals surface area (Å²) < 4.78 is 11.1. The van der Waals surface area contributed by atoms with E-state index < -0.39 is 0 Å². The van der Waals surface area contributed by atoms with Gasteiger partial charge in [0, 0.05) is 32.3 Å². The van der Waals surface area contributed by atoms with Crippen molar-refractivity contribution in [1.29, 1.82) is 0 Å². The lowest BCUT2D eigenvalue weighted by Gasteiger charge is -2.16. The standard InChI is InChI=1S/C36H22N2O/c1-5-15-27-23(11-1)24-12-2-6-16-28(24)37(27)30-18-8-9-19-31(30)38-29-17-7-3-13-25(29)35-32(38)21-22-34-36(35)26-14-4-10-20-33(26)39-34/h1-22H. The van der Waals surface area contributed by atoms with Crippen molar-refractivity contribution in [2.45, 2.75) is 0 Å². The van der Waals surface area contributed by atoms with E-state index in [-0.39, 0.29) is 0 Å². The van der Waals surface area contributed by atoms with Crippen LogP contribution in [0.1, 0.15) is 0 Å². The van der Waals surface area contributed by atoms with Gasteiger partial charge >= 0.3 is 0 Å². The first-order valence-corrected chi connectivity index (χ1v) is 13.3. The number of aromatic nitrogens is 2. The van der Waals surface area contributed by atoms with Crippen LogP contribution in [0.5, 0.6) is 0 Å². The molecule has 39 heavy (non-hydrogen) atoms. The Morgan fingerprint density at radius 2 is 0.821 bits per heavy atom. The van der Waals surface area contributed by atoms with Gasteiger partial charge in [0.25, 0.3) is 0 Å². The van der Waals surface area contributed by atoms with Crippen LogP contribution in [-0.4, -0.2) is 9.13 Å². The summed E-state index contributed by atoms with van der Waals surface area (Å²) in [6, 6.07) is 47.5. The summed E-state index contributed by atoms with van der Waals surface area (Å²) in [5.41, 5.74) is 8.88.